The number of nitriles is 1. The Hall–Kier alpha value is -1.08. The Bertz CT molecular complexity index is 333. The summed E-state index contributed by atoms with van der Waals surface area (Å²) in [6.45, 7) is 5.74. The Morgan fingerprint density at radius 1 is 1.39 bits per heavy atom. The van der Waals surface area contributed by atoms with Gasteiger partial charge in [-0.15, -0.1) is 0 Å². The second kappa shape index (κ2) is 5.71. The molecule has 1 unspecified atom stereocenters. The maximum absolute atomic E-state index is 11.9. The van der Waals surface area contributed by atoms with Crippen LogP contribution in [-0.2, 0) is 4.79 Å². The molecule has 102 valence electrons. The van der Waals surface area contributed by atoms with Crippen molar-refractivity contribution in [1.82, 2.24) is 5.32 Å². The van der Waals surface area contributed by atoms with E-state index in [0.29, 0.717) is 12.8 Å². The number of nitrogens with one attached hydrogen (secondary N) is 1. The van der Waals surface area contributed by atoms with Gasteiger partial charge in [-0.3, -0.25) is 4.79 Å². The van der Waals surface area contributed by atoms with Crippen molar-refractivity contribution in [3.05, 3.63) is 0 Å². The highest BCUT2D eigenvalue weighted by Crippen LogP contribution is 2.31. The Kier molecular flexibility index (Phi) is 4.75. The van der Waals surface area contributed by atoms with Gasteiger partial charge in [0.2, 0.25) is 5.91 Å². The van der Waals surface area contributed by atoms with Gasteiger partial charge in [-0.25, -0.2) is 0 Å². The molecule has 0 aliphatic heterocycles. The molecule has 1 rings (SSSR count). The first-order valence-corrected chi connectivity index (χ1v) is 6.68. The van der Waals surface area contributed by atoms with Gasteiger partial charge in [0.25, 0.3) is 0 Å². The molecule has 4 heteroatoms. The van der Waals surface area contributed by atoms with Gasteiger partial charge in [0.15, 0.2) is 0 Å². The molecule has 0 heterocycles. The lowest BCUT2D eigenvalue weighted by Crippen LogP contribution is -2.46. The highest BCUT2D eigenvalue weighted by atomic mass is 16.3. The van der Waals surface area contributed by atoms with E-state index in [4.69, 9.17) is 5.26 Å². The van der Waals surface area contributed by atoms with E-state index in [2.05, 4.69) is 11.4 Å². The van der Waals surface area contributed by atoms with Crippen LogP contribution in [0.25, 0.3) is 0 Å². The zero-order valence-electron chi connectivity index (χ0n) is 11.6. The van der Waals surface area contributed by atoms with Crippen molar-refractivity contribution in [3.63, 3.8) is 0 Å². The molecule has 0 aromatic carbocycles. The van der Waals surface area contributed by atoms with E-state index in [1.165, 1.54) is 0 Å². The van der Waals surface area contributed by atoms with Gasteiger partial charge >= 0.3 is 0 Å². The van der Waals surface area contributed by atoms with Crippen LogP contribution in [0.4, 0.5) is 0 Å². The van der Waals surface area contributed by atoms with E-state index < -0.39 is 11.6 Å². The van der Waals surface area contributed by atoms with Crippen molar-refractivity contribution in [2.24, 2.45) is 5.41 Å². The Balaban J connectivity index is 2.53. The number of hydrogen-bond acceptors (Lipinski definition) is 3. The van der Waals surface area contributed by atoms with Crippen molar-refractivity contribution < 1.29 is 9.90 Å². The smallest absolute Gasteiger partial charge is 0.223 e. The van der Waals surface area contributed by atoms with E-state index in [9.17, 15) is 9.90 Å². The van der Waals surface area contributed by atoms with Crippen molar-refractivity contribution in [1.29, 1.82) is 5.26 Å². The molecular formula is C14H24N2O2. The summed E-state index contributed by atoms with van der Waals surface area (Å²) in [6, 6.07) is 1.59. The zero-order valence-corrected chi connectivity index (χ0v) is 11.6. The molecule has 1 saturated carbocycles. The minimum Gasteiger partial charge on any atom is -0.389 e. The van der Waals surface area contributed by atoms with Crippen LogP contribution in [0.2, 0.25) is 0 Å². The molecule has 4 nitrogen and oxygen atoms in total. The van der Waals surface area contributed by atoms with Gasteiger partial charge < -0.3 is 10.4 Å². The first-order chi connectivity index (χ1) is 8.27. The van der Waals surface area contributed by atoms with Gasteiger partial charge in [0.1, 0.15) is 6.04 Å². The summed E-state index contributed by atoms with van der Waals surface area (Å²) in [7, 11) is 0. The lowest BCUT2D eigenvalue weighted by molar-refractivity contribution is -0.128. The molecule has 1 atom stereocenters. The SMILES string of the molecule is CC(C)(C)C(C#N)NC(=O)CC1(O)CCCCC1. The molecule has 18 heavy (non-hydrogen) atoms. The quantitative estimate of drug-likeness (QED) is 0.808. The van der Waals surface area contributed by atoms with Crippen LogP contribution in [0.1, 0.15) is 59.3 Å². The molecule has 0 spiro atoms. The number of aliphatic hydroxyl groups is 1. The molecule has 0 aromatic rings. The van der Waals surface area contributed by atoms with E-state index >= 15 is 0 Å². The zero-order chi connectivity index (χ0) is 13.8. The van der Waals surface area contributed by atoms with E-state index in [1.54, 1.807) is 0 Å². The Labute approximate surface area is 109 Å². The van der Waals surface area contributed by atoms with Crippen molar-refractivity contribution in [2.45, 2.75) is 70.9 Å². The van der Waals surface area contributed by atoms with Crippen LogP contribution in [-0.4, -0.2) is 22.7 Å². The van der Waals surface area contributed by atoms with Gasteiger partial charge in [-0.1, -0.05) is 40.0 Å². The number of nitrogens with zero attached hydrogens (tertiary/aromatic N) is 1. The Morgan fingerprint density at radius 3 is 2.39 bits per heavy atom. The molecule has 1 fully saturated rings. The van der Waals surface area contributed by atoms with Crippen molar-refractivity contribution in [2.75, 3.05) is 0 Å². The fourth-order valence-corrected chi connectivity index (χ4v) is 2.34. The molecule has 2 N–H and O–H groups in total. The number of hydrogen-bond donors (Lipinski definition) is 2. The van der Waals surface area contributed by atoms with Crippen LogP contribution in [0.5, 0.6) is 0 Å². The highest BCUT2D eigenvalue weighted by Gasteiger charge is 2.33. The maximum atomic E-state index is 11.9. The van der Waals surface area contributed by atoms with Crippen LogP contribution in [0.15, 0.2) is 0 Å². The summed E-state index contributed by atoms with van der Waals surface area (Å²) in [4.78, 5) is 11.9. The van der Waals surface area contributed by atoms with Gasteiger partial charge in [-0.05, 0) is 18.3 Å². The number of carbonyl (C=O) groups excluding carboxylic acids is 1. The van der Waals surface area contributed by atoms with Crippen LogP contribution in [0, 0.1) is 16.7 Å². The van der Waals surface area contributed by atoms with Crippen LogP contribution < -0.4 is 5.32 Å². The summed E-state index contributed by atoms with van der Waals surface area (Å²) in [5.41, 5.74) is -1.15. The largest absolute Gasteiger partial charge is 0.389 e. The van der Waals surface area contributed by atoms with Crippen molar-refractivity contribution in [3.8, 4) is 6.07 Å². The molecule has 1 amide bonds. The molecule has 1 aliphatic rings. The van der Waals surface area contributed by atoms with E-state index in [-0.39, 0.29) is 17.7 Å². The Morgan fingerprint density at radius 2 is 1.94 bits per heavy atom. The summed E-state index contributed by atoms with van der Waals surface area (Å²) in [6.07, 6.45) is 4.57. The standard InChI is InChI=1S/C14H24N2O2/c1-13(2,3)11(10-15)16-12(17)9-14(18)7-5-4-6-8-14/h11,18H,4-9H2,1-3H3,(H,16,17). The number of carbonyl (C=O) groups is 1. The molecular weight excluding hydrogens is 228 g/mol. The maximum Gasteiger partial charge on any atom is 0.223 e. The third kappa shape index (κ3) is 4.30. The van der Waals surface area contributed by atoms with Gasteiger partial charge in [0, 0.05) is 0 Å². The fraction of sp³-hybridized carbons (Fsp3) is 0.857. The summed E-state index contributed by atoms with van der Waals surface area (Å²) in [5.74, 6) is -0.221. The summed E-state index contributed by atoms with van der Waals surface area (Å²) < 4.78 is 0. The second-order valence-corrected chi connectivity index (χ2v) is 6.46. The van der Waals surface area contributed by atoms with E-state index in [0.717, 1.165) is 19.3 Å². The predicted octanol–water partition coefficient (Wildman–Crippen LogP) is 2.13. The third-order valence-corrected chi connectivity index (χ3v) is 3.57. The lowest BCUT2D eigenvalue weighted by atomic mass is 9.82. The minimum absolute atomic E-state index is 0.112. The number of amides is 1. The second-order valence-electron chi connectivity index (χ2n) is 6.46. The average Bonchev–Trinajstić information content (AvgIpc) is 2.24. The third-order valence-electron chi connectivity index (χ3n) is 3.57. The molecule has 0 radical (unpaired) electrons. The van der Waals surface area contributed by atoms with Gasteiger partial charge in [-0.2, -0.15) is 5.26 Å². The highest BCUT2D eigenvalue weighted by molar-refractivity contribution is 5.77. The van der Waals surface area contributed by atoms with E-state index in [1.807, 2.05) is 20.8 Å². The first-order valence-electron chi connectivity index (χ1n) is 6.68. The average molecular weight is 252 g/mol. The van der Waals surface area contributed by atoms with Gasteiger partial charge in [0.05, 0.1) is 18.1 Å². The molecule has 0 bridgehead atoms. The predicted molar refractivity (Wildman–Crippen MR) is 69.7 cm³/mol. The normalized spacial score (nSPS) is 20.8. The summed E-state index contributed by atoms with van der Waals surface area (Å²) in [5, 5.41) is 22.1. The number of rotatable bonds is 3. The molecule has 0 aromatic heterocycles. The van der Waals surface area contributed by atoms with Crippen LogP contribution >= 0.6 is 0 Å². The molecule has 1 aliphatic carbocycles. The fourth-order valence-electron chi connectivity index (χ4n) is 2.34. The minimum atomic E-state index is -0.861. The first kappa shape index (κ1) is 15.0. The lowest BCUT2D eigenvalue weighted by Gasteiger charge is -2.32. The monoisotopic (exact) mass is 252 g/mol. The summed E-state index contributed by atoms with van der Waals surface area (Å²) >= 11 is 0. The molecule has 0 saturated heterocycles. The topological polar surface area (TPSA) is 73.1 Å². The van der Waals surface area contributed by atoms with Crippen molar-refractivity contribution >= 4 is 5.91 Å². The van der Waals surface area contributed by atoms with Crippen LogP contribution in [0.3, 0.4) is 0 Å².